The zero-order valence-electron chi connectivity index (χ0n) is 12.7. The average Bonchev–Trinajstić information content (AvgIpc) is 2.90. The fourth-order valence-corrected chi connectivity index (χ4v) is 4.65. The molecule has 1 heterocycles. The summed E-state index contributed by atoms with van der Waals surface area (Å²) in [5.74, 6) is 1.00. The molecular formula is C17H24ClNOS. The Morgan fingerprint density at radius 1 is 1.33 bits per heavy atom. The Bertz CT molecular complexity index is 488. The molecule has 0 aromatic heterocycles. The van der Waals surface area contributed by atoms with Crippen LogP contribution in [0.1, 0.15) is 37.7 Å². The van der Waals surface area contributed by atoms with Crippen LogP contribution < -0.4 is 10.1 Å². The predicted octanol–water partition coefficient (Wildman–Crippen LogP) is 4.30. The number of nitrogens with one attached hydrogen (secondary N) is 1. The average molecular weight is 326 g/mol. The minimum atomic E-state index is 0.251. The summed E-state index contributed by atoms with van der Waals surface area (Å²) < 4.78 is 6.44. The van der Waals surface area contributed by atoms with E-state index in [-0.39, 0.29) is 6.10 Å². The van der Waals surface area contributed by atoms with Gasteiger partial charge in [-0.25, -0.2) is 0 Å². The molecule has 1 aromatic carbocycles. The van der Waals surface area contributed by atoms with Crippen molar-refractivity contribution in [2.24, 2.45) is 0 Å². The lowest BCUT2D eigenvalue weighted by Gasteiger charge is -2.36. The molecule has 1 N–H and O–H groups in total. The smallest absolute Gasteiger partial charge is 0.123 e. The second kappa shape index (κ2) is 6.80. The van der Waals surface area contributed by atoms with Gasteiger partial charge in [-0.2, -0.15) is 11.8 Å². The summed E-state index contributed by atoms with van der Waals surface area (Å²) >= 11 is 8.08. The second-order valence-electron chi connectivity index (χ2n) is 6.27. The van der Waals surface area contributed by atoms with E-state index in [1.807, 2.05) is 30.0 Å². The fraction of sp³-hybridized carbons (Fsp3) is 0.647. The molecule has 0 bridgehead atoms. The molecule has 1 fully saturated rings. The van der Waals surface area contributed by atoms with E-state index in [4.69, 9.17) is 16.3 Å². The van der Waals surface area contributed by atoms with E-state index in [0.29, 0.717) is 4.75 Å². The van der Waals surface area contributed by atoms with Crippen molar-refractivity contribution >= 4 is 23.4 Å². The van der Waals surface area contributed by atoms with Crippen molar-refractivity contribution in [3.8, 4) is 5.75 Å². The molecule has 2 aliphatic rings. The normalized spacial score (nSPS) is 23.6. The highest BCUT2D eigenvalue weighted by Crippen LogP contribution is 2.38. The highest BCUT2D eigenvalue weighted by atomic mass is 35.5. The first-order chi connectivity index (χ1) is 10.2. The molecule has 0 radical (unpaired) electrons. The lowest BCUT2D eigenvalue weighted by molar-refractivity contribution is 0.223. The number of ether oxygens (including phenoxy) is 1. The SMILES string of the molecule is CSC1(CNCC2Cc3cc(Cl)ccc3O2)CCCCC1. The summed E-state index contributed by atoms with van der Waals surface area (Å²) in [4.78, 5) is 0. The number of thioether (sulfide) groups is 1. The molecule has 1 aliphatic heterocycles. The molecule has 0 spiro atoms. The second-order valence-corrected chi connectivity index (χ2v) is 7.99. The highest BCUT2D eigenvalue weighted by molar-refractivity contribution is 8.00. The van der Waals surface area contributed by atoms with Gasteiger partial charge in [0.05, 0.1) is 0 Å². The first-order valence-corrected chi connectivity index (χ1v) is 9.52. The summed E-state index contributed by atoms with van der Waals surface area (Å²) in [5, 5.41) is 4.46. The van der Waals surface area contributed by atoms with Crippen molar-refractivity contribution in [2.75, 3.05) is 19.3 Å². The molecule has 0 saturated heterocycles. The van der Waals surface area contributed by atoms with Crippen molar-refractivity contribution in [2.45, 2.75) is 49.4 Å². The van der Waals surface area contributed by atoms with Crippen molar-refractivity contribution < 1.29 is 4.74 Å². The van der Waals surface area contributed by atoms with Crippen LogP contribution >= 0.6 is 23.4 Å². The summed E-state index contributed by atoms with van der Waals surface area (Å²) in [7, 11) is 0. The molecule has 1 aromatic rings. The summed E-state index contributed by atoms with van der Waals surface area (Å²) in [6.45, 7) is 2.03. The number of fused-ring (bicyclic) bond motifs is 1. The predicted molar refractivity (Wildman–Crippen MR) is 91.8 cm³/mol. The zero-order valence-corrected chi connectivity index (χ0v) is 14.2. The van der Waals surface area contributed by atoms with Crippen LogP contribution in [0.2, 0.25) is 5.02 Å². The largest absolute Gasteiger partial charge is 0.488 e. The minimum absolute atomic E-state index is 0.251. The Morgan fingerprint density at radius 3 is 2.90 bits per heavy atom. The maximum absolute atomic E-state index is 6.04. The number of hydrogen-bond acceptors (Lipinski definition) is 3. The van der Waals surface area contributed by atoms with Gasteiger partial charge < -0.3 is 10.1 Å². The Morgan fingerprint density at radius 2 is 2.14 bits per heavy atom. The highest BCUT2D eigenvalue weighted by Gasteiger charge is 2.31. The number of rotatable bonds is 5. The summed E-state index contributed by atoms with van der Waals surface area (Å²) in [6, 6.07) is 5.92. The first-order valence-electron chi connectivity index (χ1n) is 7.92. The topological polar surface area (TPSA) is 21.3 Å². The molecule has 4 heteroatoms. The van der Waals surface area contributed by atoms with E-state index in [2.05, 4.69) is 11.6 Å². The van der Waals surface area contributed by atoms with Crippen LogP contribution in [0.3, 0.4) is 0 Å². The minimum Gasteiger partial charge on any atom is -0.488 e. The molecule has 1 atom stereocenters. The van der Waals surface area contributed by atoms with E-state index in [1.54, 1.807) is 0 Å². The third-order valence-electron chi connectivity index (χ3n) is 4.78. The molecule has 116 valence electrons. The van der Waals surface area contributed by atoms with E-state index in [9.17, 15) is 0 Å². The van der Waals surface area contributed by atoms with Crippen LogP contribution in [0, 0.1) is 0 Å². The number of benzene rings is 1. The molecule has 0 amide bonds. The van der Waals surface area contributed by atoms with Gasteiger partial charge in [-0.15, -0.1) is 0 Å². The fourth-order valence-electron chi connectivity index (χ4n) is 3.51. The molecule has 1 unspecified atom stereocenters. The monoisotopic (exact) mass is 325 g/mol. The van der Waals surface area contributed by atoms with E-state index in [1.165, 1.54) is 37.7 Å². The van der Waals surface area contributed by atoms with Crippen LogP contribution in [-0.4, -0.2) is 30.2 Å². The maximum Gasteiger partial charge on any atom is 0.123 e. The van der Waals surface area contributed by atoms with Crippen LogP contribution in [0.4, 0.5) is 0 Å². The van der Waals surface area contributed by atoms with Gasteiger partial charge in [-0.3, -0.25) is 0 Å². The molecule has 1 aliphatic carbocycles. The lowest BCUT2D eigenvalue weighted by atomic mass is 9.88. The van der Waals surface area contributed by atoms with Gasteiger partial charge >= 0.3 is 0 Å². The molecule has 2 nitrogen and oxygen atoms in total. The molecule has 1 saturated carbocycles. The van der Waals surface area contributed by atoms with Crippen LogP contribution in [0.15, 0.2) is 18.2 Å². The van der Waals surface area contributed by atoms with Gasteiger partial charge in [-0.1, -0.05) is 30.9 Å². The summed E-state index contributed by atoms with van der Waals surface area (Å²) in [5.41, 5.74) is 1.24. The van der Waals surface area contributed by atoms with Crippen LogP contribution in [0.25, 0.3) is 0 Å². The molecule has 3 rings (SSSR count). The Kier molecular flexibility index (Phi) is 5.03. The standard InChI is InChI=1S/C17H24ClNOS/c1-21-17(7-3-2-4-8-17)12-19-11-15-10-13-9-14(18)5-6-16(13)20-15/h5-6,9,15,19H,2-4,7-8,10-12H2,1H3. The Balaban J connectivity index is 1.48. The third kappa shape index (κ3) is 3.69. The molecule has 21 heavy (non-hydrogen) atoms. The Labute approximate surface area is 137 Å². The first kappa shape index (κ1) is 15.5. The van der Waals surface area contributed by atoms with Gasteiger partial charge in [0.1, 0.15) is 11.9 Å². The quantitative estimate of drug-likeness (QED) is 0.872. The zero-order chi connectivity index (χ0) is 14.7. The van der Waals surface area contributed by atoms with Crippen LogP contribution in [-0.2, 0) is 6.42 Å². The van der Waals surface area contributed by atoms with Gasteiger partial charge in [0.15, 0.2) is 0 Å². The Hall–Kier alpha value is -0.380. The number of halogens is 1. The van der Waals surface area contributed by atoms with Gasteiger partial charge in [0.25, 0.3) is 0 Å². The van der Waals surface area contributed by atoms with Crippen LogP contribution in [0.5, 0.6) is 5.75 Å². The summed E-state index contributed by atoms with van der Waals surface area (Å²) in [6.07, 6.45) is 10.3. The lowest BCUT2D eigenvalue weighted by Crippen LogP contribution is -2.42. The molecular weight excluding hydrogens is 302 g/mol. The van der Waals surface area contributed by atoms with Gasteiger partial charge in [-0.05, 0) is 42.9 Å². The van der Waals surface area contributed by atoms with Crippen molar-refractivity contribution in [1.29, 1.82) is 0 Å². The van der Waals surface area contributed by atoms with E-state index in [0.717, 1.165) is 30.3 Å². The maximum atomic E-state index is 6.04. The third-order valence-corrected chi connectivity index (χ3v) is 6.43. The van der Waals surface area contributed by atoms with Crippen molar-refractivity contribution in [3.05, 3.63) is 28.8 Å². The van der Waals surface area contributed by atoms with Gasteiger partial charge in [0.2, 0.25) is 0 Å². The number of hydrogen-bond donors (Lipinski definition) is 1. The van der Waals surface area contributed by atoms with Crippen molar-refractivity contribution in [3.63, 3.8) is 0 Å². The van der Waals surface area contributed by atoms with E-state index < -0.39 is 0 Å². The van der Waals surface area contributed by atoms with E-state index >= 15 is 0 Å². The van der Waals surface area contributed by atoms with Crippen molar-refractivity contribution in [1.82, 2.24) is 5.32 Å². The van der Waals surface area contributed by atoms with Gasteiger partial charge in [0, 0.05) is 29.3 Å².